The molecular formula is C19H14BrN3O2. The highest BCUT2D eigenvalue weighted by molar-refractivity contribution is 9.10. The van der Waals surface area contributed by atoms with Crippen LogP contribution < -0.4 is 5.32 Å². The number of rotatable bonds is 2. The van der Waals surface area contributed by atoms with E-state index in [1.165, 1.54) is 6.07 Å². The summed E-state index contributed by atoms with van der Waals surface area (Å²) >= 11 is 3.62. The first-order valence-electron chi connectivity index (χ1n) is 8.00. The van der Waals surface area contributed by atoms with Crippen LogP contribution in [0.25, 0.3) is 0 Å². The molecule has 6 heteroatoms. The summed E-state index contributed by atoms with van der Waals surface area (Å²) in [5.74, 6) is 0.333. The van der Waals surface area contributed by atoms with E-state index in [9.17, 15) is 15.4 Å². The average molecular weight is 396 g/mol. The number of anilines is 1. The van der Waals surface area contributed by atoms with Gasteiger partial charge >= 0.3 is 0 Å². The normalized spacial score (nSPS) is 23.3. The number of nitrogens with zero attached hydrogens (tertiary/aromatic N) is 2. The van der Waals surface area contributed by atoms with Gasteiger partial charge in [0.05, 0.1) is 22.2 Å². The van der Waals surface area contributed by atoms with Crippen molar-refractivity contribution < 1.29 is 4.92 Å². The van der Waals surface area contributed by atoms with Crippen LogP contribution in [-0.4, -0.2) is 4.92 Å². The lowest BCUT2D eigenvalue weighted by Crippen LogP contribution is -2.30. The quantitative estimate of drug-likeness (QED) is 0.438. The molecule has 2 aromatic carbocycles. The molecule has 0 bridgehead atoms. The summed E-state index contributed by atoms with van der Waals surface area (Å²) in [6, 6.07) is 13.1. The molecule has 124 valence electrons. The monoisotopic (exact) mass is 395 g/mol. The molecule has 1 aliphatic heterocycles. The summed E-state index contributed by atoms with van der Waals surface area (Å²) in [5.41, 5.74) is 2.97. The fourth-order valence-electron chi connectivity index (χ4n) is 3.91. The van der Waals surface area contributed by atoms with Crippen LogP contribution >= 0.6 is 15.9 Å². The summed E-state index contributed by atoms with van der Waals surface area (Å²) in [4.78, 5) is 10.8. The van der Waals surface area contributed by atoms with Crippen LogP contribution in [-0.2, 0) is 0 Å². The van der Waals surface area contributed by atoms with E-state index in [4.69, 9.17) is 0 Å². The molecule has 5 nitrogen and oxygen atoms in total. The molecule has 0 radical (unpaired) electrons. The highest BCUT2D eigenvalue weighted by Crippen LogP contribution is 2.52. The molecule has 2 aromatic rings. The Morgan fingerprint density at radius 3 is 2.80 bits per heavy atom. The van der Waals surface area contributed by atoms with Crippen LogP contribution in [0.4, 0.5) is 11.4 Å². The Morgan fingerprint density at radius 1 is 1.28 bits per heavy atom. The first-order valence-corrected chi connectivity index (χ1v) is 8.79. The van der Waals surface area contributed by atoms with Crippen molar-refractivity contribution in [2.45, 2.75) is 18.4 Å². The van der Waals surface area contributed by atoms with Gasteiger partial charge in [-0.25, -0.2) is 0 Å². The van der Waals surface area contributed by atoms with Gasteiger partial charge < -0.3 is 5.32 Å². The number of fused-ring (bicyclic) bond motifs is 3. The number of nitro benzene ring substituents is 1. The molecule has 3 atom stereocenters. The molecular weight excluding hydrogens is 382 g/mol. The van der Waals surface area contributed by atoms with E-state index in [1.807, 2.05) is 18.2 Å². The molecule has 0 spiro atoms. The lowest BCUT2D eigenvalue weighted by Gasteiger charge is -2.38. The van der Waals surface area contributed by atoms with Crippen LogP contribution in [0.5, 0.6) is 0 Å². The fourth-order valence-corrected chi connectivity index (χ4v) is 4.45. The molecule has 4 rings (SSSR count). The second-order valence-corrected chi connectivity index (χ2v) is 7.18. The van der Waals surface area contributed by atoms with Gasteiger partial charge in [0.2, 0.25) is 0 Å². The van der Waals surface area contributed by atoms with E-state index in [0.717, 1.165) is 22.0 Å². The van der Waals surface area contributed by atoms with Crippen molar-refractivity contribution in [2.75, 3.05) is 5.32 Å². The zero-order chi connectivity index (χ0) is 17.6. The number of hydrogen-bond acceptors (Lipinski definition) is 4. The number of nitrogens with one attached hydrogen (secondary N) is 1. The molecule has 0 saturated heterocycles. The Morgan fingerprint density at radius 2 is 2.08 bits per heavy atom. The number of hydrogen-bond donors (Lipinski definition) is 1. The summed E-state index contributed by atoms with van der Waals surface area (Å²) < 4.78 is 1.02. The lowest BCUT2D eigenvalue weighted by molar-refractivity contribution is -0.384. The van der Waals surface area contributed by atoms with E-state index < -0.39 is 4.92 Å². The summed E-state index contributed by atoms with van der Waals surface area (Å²) in [6.45, 7) is 0. The smallest absolute Gasteiger partial charge is 0.271 e. The summed E-state index contributed by atoms with van der Waals surface area (Å²) in [5, 5.41) is 24.2. The van der Waals surface area contributed by atoms with Crippen LogP contribution in [0, 0.1) is 27.4 Å². The molecule has 1 heterocycles. The fraction of sp³-hybridized carbons (Fsp3) is 0.211. The van der Waals surface area contributed by atoms with Crippen molar-refractivity contribution in [3.8, 4) is 6.07 Å². The van der Waals surface area contributed by atoms with E-state index in [1.54, 1.807) is 6.07 Å². The molecule has 25 heavy (non-hydrogen) atoms. The lowest BCUT2D eigenvalue weighted by atomic mass is 9.76. The molecule has 1 aliphatic carbocycles. The number of allylic oxidation sites excluding steroid dienone is 2. The molecule has 0 amide bonds. The maximum absolute atomic E-state index is 11.2. The minimum atomic E-state index is -0.436. The maximum atomic E-state index is 11.2. The summed E-state index contributed by atoms with van der Waals surface area (Å²) in [6.07, 6.45) is 5.13. The van der Waals surface area contributed by atoms with Gasteiger partial charge in [-0.3, -0.25) is 10.1 Å². The Balaban J connectivity index is 1.89. The van der Waals surface area contributed by atoms with Crippen molar-refractivity contribution in [3.05, 3.63) is 79.8 Å². The predicted octanol–water partition coefficient (Wildman–Crippen LogP) is 5.06. The Hall–Kier alpha value is -2.65. The van der Waals surface area contributed by atoms with Crippen molar-refractivity contribution in [1.29, 1.82) is 5.26 Å². The standard InChI is InChI=1S/C19H14BrN3O2/c20-17-7-2-1-4-15(17)19-14-6-3-5-13(14)16-9-12(23(24)25)8-11(10-21)18(16)22-19/h1-5,7-9,13-14,19,22H,6H2/t13-,14+,19-/m1/s1. The number of halogens is 1. The van der Waals surface area contributed by atoms with Crippen molar-refractivity contribution in [1.82, 2.24) is 0 Å². The largest absolute Gasteiger partial charge is 0.377 e. The Bertz CT molecular complexity index is 948. The van der Waals surface area contributed by atoms with E-state index in [0.29, 0.717) is 11.3 Å². The van der Waals surface area contributed by atoms with Crippen LogP contribution in [0.1, 0.15) is 35.1 Å². The minimum Gasteiger partial charge on any atom is -0.377 e. The van der Waals surface area contributed by atoms with E-state index in [-0.39, 0.29) is 23.6 Å². The predicted molar refractivity (Wildman–Crippen MR) is 98.3 cm³/mol. The van der Waals surface area contributed by atoms with Crippen molar-refractivity contribution >= 4 is 27.3 Å². The van der Waals surface area contributed by atoms with Gasteiger partial charge in [-0.2, -0.15) is 5.26 Å². The molecule has 0 aromatic heterocycles. The first-order chi connectivity index (χ1) is 12.1. The van der Waals surface area contributed by atoms with Gasteiger partial charge in [-0.05, 0) is 29.5 Å². The van der Waals surface area contributed by atoms with Gasteiger partial charge in [0.25, 0.3) is 5.69 Å². The highest BCUT2D eigenvalue weighted by atomic mass is 79.9. The van der Waals surface area contributed by atoms with E-state index in [2.05, 4.69) is 45.5 Å². The highest BCUT2D eigenvalue weighted by Gasteiger charge is 2.40. The van der Waals surface area contributed by atoms with Gasteiger partial charge in [-0.1, -0.05) is 46.3 Å². The summed E-state index contributed by atoms with van der Waals surface area (Å²) in [7, 11) is 0. The molecule has 2 aliphatic rings. The van der Waals surface area contributed by atoms with Crippen molar-refractivity contribution in [2.24, 2.45) is 5.92 Å². The van der Waals surface area contributed by atoms with Crippen molar-refractivity contribution in [3.63, 3.8) is 0 Å². The van der Waals surface area contributed by atoms with Gasteiger partial charge in [0, 0.05) is 22.5 Å². The number of nitro groups is 1. The van der Waals surface area contributed by atoms with Gasteiger partial charge in [0.15, 0.2) is 0 Å². The topological polar surface area (TPSA) is 79.0 Å². The minimum absolute atomic E-state index is 0.0320. The van der Waals surface area contributed by atoms with Gasteiger partial charge in [-0.15, -0.1) is 0 Å². The number of non-ortho nitro benzene ring substituents is 1. The average Bonchev–Trinajstić information content (AvgIpc) is 3.10. The number of benzene rings is 2. The van der Waals surface area contributed by atoms with Crippen LogP contribution in [0.15, 0.2) is 53.0 Å². The van der Waals surface area contributed by atoms with Crippen LogP contribution in [0.2, 0.25) is 0 Å². The molecule has 0 unspecified atom stereocenters. The number of nitriles is 1. The Kier molecular flexibility index (Phi) is 3.81. The zero-order valence-electron chi connectivity index (χ0n) is 13.1. The third-order valence-electron chi connectivity index (χ3n) is 5.03. The first kappa shape index (κ1) is 15.9. The molecule has 1 N–H and O–H groups in total. The SMILES string of the molecule is N#Cc1cc([N+](=O)[O-])cc2c1N[C@@H](c1ccccc1Br)[C@H]1CC=C[C@@H]21. The third-order valence-corrected chi connectivity index (χ3v) is 5.75. The molecule has 0 fully saturated rings. The zero-order valence-corrected chi connectivity index (χ0v) is 14.7. The van der Waals surface area contributed by atoms with E-state index >= 15 is 0 Å². The second kappa shape index (κ2) is 6.01. The second-order valence-electron chi connectivity index (χ2n) is 6.32. The Labute approximate surface area is 153 Å². The molecule has 0 saturated carbocycles. The van der Waals surface area contributed by atoms with Crippen LogP contribution in [0.3, 0.4) is 0 Å². The maximum Gasteiger partial charge on any atom is 0.271 e. The third kappa shape index (κ3) is 2.52. The van der Waals surface area contributed by atoms with Gasteiger partial charge in [0.1, 0.15) is 6.07 Å².